The van der Waals surface area contributed by atoms with E-state index >= 15 is 0 Å². The minimum absolute atomic E-state index is 0. The van der Waals surface area contributed by atoms with E-state index in [2.05, 4.69) is 6.92 Å². The molecule has 0 aliphatic carbocycles. The van der Waals surface area contributed by atoms with Crippen molar-refractivity contribution >= 4 is 0 Å². The van der Waals surface area contributed by atoms with Gasteiger partial charge in [0, 0.05) is 6.61 Å². The van der Waals surface area contributed by atoms with Gasteiger partial charge in [-0.2, -0.15) is 0 Å². The van der Waals surface area contributed by atoms with Crippen molar-refractivity contribution in [1.82, 2.24) is 0 Å². The largest absolute Gasteiger partial charge is 0.379 e. The Morgan fingerprint density at radius 3 is 2.47 bits per heavy atom. The summed E-state index contributed by atoms with van der Waals surface area (Å²) >= 11 is 0. The van der Waals surface area contributed by atoms with Gasteiger partial charge in [-0.3, -0.25) is 0 Å². The van der Waals surface area contributed by atoms with Crippen LogP contribution in [0.25, 0.3) is 0 Å². The molecule has 1 saturated heterocycles. The Bertz CT molecular complexity index is 182. The molecule has 0 saturated carbocycles. The van der Waals surface area contributed by atoms with Gasteiger partial charge in [-0.1, -0.05) is 20.8 Å². The van der Waals surface area contributed by atoms with Crippen molar-refractivity contribution in [3.8, 4) is 0 Å². The Kier molecular flexibility index (Phi) is 8.78. The predicted octanol–water partition coefficient (Wildman–Crippen LogP) is 2.61. The Morgan fingerprint density at radius 1 is 1.18 bits per heavy atom. The summed E-state index contributed by atoms with van der Waals surface area (Å²) in [5.74, 6) is -0.453. The van der Waals surface area contributed by atoms with Gasteiger partial charge in [-0.15, -0.1) is 0 Å². The summed E-state index contributed by atoms with van der Waals surface area (Å²) < 4.78 is 21.9. The molecule has 4 heteroatoms. The third-order valence-corrected chi connectivity index (χ3v) is 2.39. The van der Waals surface area contributed by atoms with E-state index < -0.39 is 5.79 Å². The third-order valence-electron chi connectivity index (χ3n) is 2.39. The van der Waals surface area contributed by atoms with E-state index in [0.717, 1.165) is 13.0 Å². The molecule has 1 fully saturated rings. The maximum atomic E-state index is 5.61. The fourth-order valence-corrected chi connectivity index (χ4v) is 1.53. The van der Waals surface area contributed by atoms with Crippen molar-refractivity contribution in [2.45, 2.75) is 52.9 Å². The first-order valence-electron chi connectivity index (χ1n) is 6.11. The number of unbranched alkanes of at least 4 members (excludes halogenated alkanes) is 1. The molecule has 1 unspecified atom stereocenters. The van der Waals surface area contributed by atoms with Crippen LogP contribution in [0.2, 0.25) is 0 Å². The van der Waals surface area contributed by atoms with Crippen LogP contribution in [-0.2, 0) is 18.9 Å². The zero-order valence-electron chi connectivity index (χ0n) is 10.7. The average molecular weight is 248 g/mol. The SMILES string of the molecule is C.CCCCOCCOCC1COC(C)(C)O1. The van der Waals surface area contributed by atoms with Gasteiger partial charge in [0.25, 0.3) is 0 Å². The highest BCUT2D eigenvalue weighted by Gasteiger charge is 2.32. The average Bonchev–Trinajstić information content (AvgIpc) is 2.57. The van der Waals surface area contributed by atoms with Crippen molar-refractivity contribution in [3.63, 3.8) is 0 Å². The first-order valence-corrected chi connectivity index (χ1v) is 6.11. The normalized spacial score (nSPS) is 22.4. The van der Waals surface area contributed by atoms with Crippen LogP contribution >= 0.6 is 0 Å². The molecule has 0 aromatic carbocycles. The molecule has 1 rings (SSSR count). The van der Waals surface area contributed by atoms with Crippen LogP contribution < -0.4 is 0 Å². The van der Waals surface area contributed by atoms with Gasteiger partial charge in [-0.05, 0) is 20.3 Å². The summed E-state index contributed by atoms with van der Waals surface area (Å²) in [7, 11) is 0. The highest BCUT2D eigenvalue weighted by atomic mass is 16.7. The summed E-state index contributed by atoms with van der Waals surface area (Å²) in [6.07, 6.45) is 2.35. The fraction of sp³-hybridized carbons (Fsp3) is 1.00. The van der Waals surface area contributed by atoms with Gasteiger partial charge in [0.1, 0.15) is 6.10 Å². The third kappa shape index (κ3) is 7.71. The molecule has 0 bridgehead atoms. The molecule has 1 atom stereocenters. The van der Waals surface area contributed by atoms with Crippen LogP contribution in [0, 0.1) is 0 Å². The molecular formula is C13H28O4. The summed E-state index contributed by atoms with van der Waals surface area (Å²) in [5, 5.41) is 0. The lowest BCUT2D eigenvalue weighted by molar-refractivity contribution is -0.145. The number of ether oxygens (including phenoxy) is 4. The quantitative estimate of drug-likeness (QED) is 0.619. The van der Waals surface area contributed by atoms with E-state index in [-0.39, 0.29) is 13.5 Å². The summed E-state index contributed by atoms with van der Waals surface area (Å²) in [6, 6.07) is 0. The fourth-order valence-electron chi connectivity index (χ4n) is 1.53. The second-order valence-corrected chi connectivity index (χ2v) is 4.49. The van der Waals surface area contributed by atoms with Crippen LogP contribution in [0.15, 0.2) is 0 Å². The topological polar surface area (TPSA) is 36.9 Å². The molecule has 0 aromatic heterocycles. The zero-order chi connectivity index (χ0) is 11.9. The predicted molar refractivity (Wildman–Crippen MR) is 68.2 cm³/mol. The number of rotatable bonds is 8. The van der Waals surface area contributed by atoms with Crippen molar-refractivity contribution in [3.05, 3.63) is 0 Å². The second kappa shape index (κ2) is 8.86. The highest BCUT2D eigenvalue weighted by molar-refractivity contribution is 4.70. The smallest absolute Gasteiger partial charge is 0.163 e. The Hall–Kier alpha value is -0.160. The lowest BCUT2D eigenvalue weighted by atomic mass is 10.4. The second-order valence-electron chi connectivity index (χ2n) is 4.49. The molecule has 0 aromatic rings. The van der Waals surface area contributed by atoms with Crippen molar-refractivity contribution in [2.75, 3.05) is 33.0 Å². The molecule has 0 N–H and O–H groups in total. The molecule has 1 heterocycles. The molecule has 17 heavy (non-hydrogen) atoms. The van der Waals surface area contributed by atoms with E-state index in [9.17, 15) is 0 Å². The van der Waals surface area contributed by atoms with Crippen molar-refractivity contribution in [2.24, 2.45) is 0 Å². The number of hydrogen-bond acceptors (Lipinski definition) is 4. The van der Waals surface area contributed by atoms with Gasteiger partial charge in [0.05, 0.1) is 26.4 Å². The maximum absolute atomic E-state index is 5.61. The molecule has 0 spiro atoms. The summed E-state index contributed by atoms with van der Waals surface area (Å²) in [4.78, 5) is 0. The van der Waals surface area contributed by atoms with Crippen LogP contribution in [-0.4, -0.2) is 44.9 Å². The van der Waals surface area contributed by atoms with E-state index in [1.165, 1.54) is 6.42 Å². The minimum Gasteiger partial charge on any atom is -0.379 e. The molecule has 1 aliphatic heterocycles. The van der Waals surface area contributed by atoms with Crippen molar-refractivity contribution in [1.29, 1.82) is 0 Å². The Balaban J connectivity index is 0.00000256. The molecule has 104 valence electrons. The van der Waals surface area contributed by atoms with Crippen LogP contribution in [0.1, 0.15) is 41.0 Å². The Morgan fingerprint density at radius 2 is 1.88 bits per heavy atom. The molecule has 1 aliphatic rings. The summed E-state index contributed by atoms with van der Waals surface area (Å²) in [6.45, 7) is 9.31. The maximum Gasteiger partial charge on any atom is 0.163 e. The van der Waals surface area contributed by atoms with E-state index in [1.807, 2.05) is 13.8 Å². The summed E-state index contributed by atoms with van der Waals surface area (Å²) in [5.41, 5.74) is 0. The van der Waals surface area contributed by atoms with E-state index in [4.69, 9.17) is 18.9 Å². The first kappa shape index (κ1) is 16.8. The van der Waals surface area contributed by atoms with E-state index in [1.54, 1.807) is 0 Å². The lowest BCUT2D eigenvalue weighted by Crippen LogP contribution is -2.24. The Labute approximate surface area is 106 Å². The lowest BCUT2D eigenvalue weighted by Gasteiger charge is -2.17. The van der Waals surface area contributed by atoms with Gasteiger partial charge in [0.15, 0.2) is 5.79 Å². The standard InChI is InChI=1S/C12H24O4.CH4/c1-4-5-6-13-7-8-14-9-11-10-15-12(2,3)16-11;/h11H,4-10H2,1-3H3;1H4. The minimum atomic E-state index is -0.453. The van der Waals surface area contributed by atoms with Gasteiger partial charge >= 0.3 is 0 Å². The van der Waals surface area contributed by atoms with Gasteiger partial charge in [-0.25, -0.2) is 0 Å². The zero-order valence-corrected chi connectivity index (χ0v) is 10.7. The van der Waals surface area contributed by atoms with E-state index in [0.29, 0.717) is 26.4 Å². The monoisotopic (exact) mass is 248 g/mol. The van der Waals surface area contributed by atoms with Crippen LogP contribution in [0.3, 0.4) is 0 Å². The van der Waals surface area contributed by atoms with Crippen LogP contribution in [0.5, 0.6) is 0 Å². The molecule has 0 radical (unpaired) electrons. The molecular weight excluding hydrogens is 220 g/mol. The molecule has 4 nitrogen and oxygen atoms in total. The molecule has 0 amide bonds. The van der Waals surface area contributed by atoms with Crippen molar-refractivity contribution < 1.29 is 18.9 Å². The van der Waals surface area contributed by atoms with Crippen LogP contribution in [0.4, 0.5) is 0 Å². The first-order chi connectivity index (χ1) is 7.64. The number of hydrogen-bond donors (Lipinski definition) is 0. The highest BCUT2D eigenvalue weighted by Crippen LogP contribution is 2.22. The van der Waals surface area contributed by atoms with Gasteiger partial charge < -0.3 is 18.9 Å². The van der Waals surface area contributed by atoms with Gasteiger partial charge in [0.2, 0.25) is 0 Å².